The molecular formula is C24H25N3. The first-order valence-corrected chi connectivity index (χ1v) is 9.23. The maximum atomic E-state index is 6.41. The van der Waals surface area contributed by atoms with Gasteiger partial charge in [-0.1, -0.05) is 78.9 Å². The van der Waals surface area contributed by atoms with Gasteiger partial charge in [-0.3, -0.25) is 0 Å². The largest absolute Gasteiger partial charge is 0.383 e. The number of hydrogen-bond acceptors (Lipinski definition) is 3. The Morgan fingerprint density at radius 3 is 2.00 bits per heavy atom. The summed E-state index contributed by atoms with van der Waals surface area (Å²) in [6.07, 6.45) is 7.52. The second kappa shape index (κ2) is 8.95. The van der Waals surface area contributed by atoms with Crippen molar-refractivity contribution in [3.63, 3.8) is 0 Å². The van der Waals surface area contributed by atoms with E-state index in [2.05, 4.69) is 41.4 Å². The third-order valence-corrected chi connectivity index (χ3v) is 4.42. The molecule has 3 aromatic rings. The van der Waals surface area contributed by atoms with Crippen LogP contribution in [-0.2, 0) is 12.8 Å². The average molecular weight is 355 g/mol. The number of hydrogen-bond donors (Lipinski definition) is 1. The monoisotopic (exact) mass is 355 g/mol. The third-order valence-electron chi connectivity index (χ3n) is 4.42. The molecule has 0 fully saturated rings. The van der Waals surface area contributed by atoms with Crippen LogP contribution in [0.4, 0.5) is 5.82 Å². The molecule has 3 nitrogen and oxygen atoms in total. The summed E-state index contributed by atoms with van der Waals surface area (Å²) in [6.45, 7) is 4.01. The van der Waals surface area contributed by atoms with Crippen LogP contribution in [0.1, 0.15) is 42.1 Å². The number of anilines is 1. The highest BCUT2D eigenvalue weighted by Gasteiger charge is 2.15. The van der Waals surface area contributed by atoms with E-state index in [0.29, 0.717) is 12.2 Å². The quantitative estimate of drug-likeness (QED) is 0.617. The van der Waals surface area contributed by atoms with Gasteiger partial charge in [-0.2, -0.15) is 0 Å². The maximum absolute atomic E-state index is 6.41. The Balaban J connectivity index is 2.06. The smallest absolute Gasteiger partial charge is 0.135 e. The van der Waals surface area contributed by atoms with Gasteiger partial charge in [-0.25, -0.2) is 9.97 Å². The normalized spacial score (nSPS) is 11.9. The molecule has 0 bridgehead atoms. The van der Waals surface area contributed by atoms with Crippen LogP contribution in [0, 0.1) is 0 Å². The van der Waals surface area contributed by atoms with Crippen molar-refractivity contribution < 1.29 is 0 Å². The Bertz CT molecular complexity index is 942. The van der Waals surface area contributed by atoms with Gasteiger partial charge in [0.1, 0.15) is 11.6 Å². The molecule has 0 atom stereocenters. The first-order chi connectivity index (χ1) is 13.2. The lowest BCUT2D eigenvalue weighted by Crippen LogP contribution is -2.10. The minimum absolute atomic E-state index is 0.535. The Kier molecular flexibility index (Phi) is 6.16. The minimum Gasteiger partial charge on any atom is -0.383 e. The Morgan fingerprint density at radius 2 is 1.44 bits per heavy atom. The molecule has 0 aliphatic rings. The minimum atomic E-state index is 0.535. The molecule has 3 heteroatoms. The van der Waals surface area contributed by atoms with Crippen molar-refractivity contribution in [3.05, 3.63) is 107 Å². The van der Waals surface area contributed by atoms with Gasteiger partial charge in [0.15, 0.2) is 0 Å². The standard InChI is InChI=1S/C24H25N3/c1-3-11-20(4-2)23-21(16-18-12-7-5-8-13-18)26-22(27-24(23)25)17-19-14-9-6-10-15-19/h3-15H,16-17H2,1-2H3,(H2,25,26,27). The molecule has 0 spiro atoms. The SMILES string of the molecule is CC=CC(=CC)c1c(N)nc(Cc2ccccc2)nc1Cc1ccccc1. The van der Waals surface area contributed by atoms with E-state index in [0.717, 1.165) is 29.1 Å². The van der Waals surface area contributed by atoms with Gasteiger partial charge in [0.05, 0.1) is 5.69 Å². The second-order valence-corrected chi connectivity index (χ2v) is 6.42. The topological polar surface area (TPSA) is 51.8 Å². The average Bonchev–Trinajstić information content (AvgIpc) is 2.68. The lowest BCUT2D eigenvalue weighted by Gasteiger charge is -2.14. The molecule has 0 amide bonds. The predicted molar refractivity (Wildman–Crippen MR) is 113 cm³/mol. The molecule has 136 valence electrons. The van der Waals surface area contributed by atoms with Crippen molar-refractivity contribution in [2.24, 2.45) is 0 Å². The van der Waals surface area contributed by atoms with Gasteiger partial charge < -0.3 is 5.73 Å². The number of aromatic nitrogens is 2. The summed E-state index contributed by atoms with van der Waals surface area (Å²) in [4.78, 5) is 9.52. The van der Waals surface area contributed by atoms with Gasteiger partial charge in [-0.15, -0.1) is 0 Å². The third kappa shape index (κ3) is 4.70. The molecular weight excluding hydrogens is 330 g/mol. The van der Waals surface area contributed by atoms with Gasteiger partial charge in [0.25, 0.3) is 0 Å². The van der Waals surface area contributed by atoms with Crippen molar-refractivity contribution in [3.8, 4) is 0 Å². The van der Waals surface area contributed by atoms with E-state index in [9.17, 15) is 0 Å². The molecule has 0 unspecified atom stereocenters. The molecule has 0 aliphatic carbocycles. The van der Waals surface area contributed by atoms with Crippen molar-refractivity contribution in [2.45, 2.75) is 26.7 Å². The zero-order chi connectivity index (χ0) is 19.1. The molecule has 0 radical (unpaired) electrons. The molecule has 0 saturated carbocycles. The summed E-state index contributed by atoms with van der Waals surface area (Å²) in [5, 5.41) is 0. The van der Waals surface area contributed by atoms with E-state index in [4.69, 9.17) is 10.7 Å². The van der Waals surface area contributed by atoms with E-state index in [1.165, 1.54) is 11.1 Å². The number of nitrogen functional groups attached to an aromatic ring is 1. The Hall–Kier alpha value is -3.20. The maximum Gasteiger partial charge on any atom is 0.135 e. The summed E-state index contributed by atoms with van der Waals surface area (Å²) in [5.41, 5.74) is 11.7. The predicted octanol–water partition coefficient (Wildman–Crippen LogP) is 5.22. The van der Waals surface area contributed by atoms with Crippen molar-refractivity contribution in [1.29, 1.82) is 0 Å². The first kappa shape index (κ1) is 18.6. The number of nitrogens with zero attached hydrogens (tertiary/aromatic N) is 2. The van der Waals surface area contributed by atoms with Gasteiger partial charge in [-0.05, 0) is 30.5 Å². The van der Waals surface area contributed by atoms with Crippen LogP contribution >= 0.6 is 0 Å². The fraction of sp³-hybridized carbons (Fsp3) is 0.167. The zero-order valence-corrected chi connectivity index (χ0v) is 15.9. The highest BCUT2D eigenvalue weighted by Crippen LogP contribution is 2.27. The van der Waals surface area contributed by atoms with Gasteiger partial charge >= 0.3 is 0 Å². The molecule has 3 rings (SSSR count). The van der Waals surface area contributed by atoms with E-state index in [1.54, 1.807) is 0 Å². The number of rotatable bonds is 6. The molecule has 2 aromatic carbocycles. The molecule has 2 N–H and O–H groups in total. The van der Waals surface area contributed by atoms with E-state index >= 15 is 0 Å². The number of nitrogens with two attached hydrogens (primary N) is 1. The summed E-state index contributed by atoms with van der Waals surface area (Å²) < 4.78 is 0. The van der Waals surface area contributed by atoms with Gasteiger partial charge in [0, 0.05) is 18.4 Å². The van der Waals surface area contributed by atoms with Crippen LogP contribution in [0.25, 0.3) is 5.57 Å². The zero-order valence-electron chi connectivity index (χ0n) is 15.9. The lowest BCUT2D eigenvalue weighted by molar-refractivity contribution is 0.917. The second-order valence-electron chi connectivity index (χ2n) is 6.42. The van der Waals surface area contributed by atoms with Crippen LogP contribution in [0.2, 0.25) is 0 Å². The lowest BCUT2D eigenvalue weighted by atomic mass is 9.98. The van der Waals surface area contributed by atoms with E-state index in [1.807, 2.05) is 56.3 Å². The van der Waals surface area contributed by atoms with Crippen LogP contribution in [-0.4, -0.2) is 9.97 Å². The summed E-state index contributed by atoms with van der Waals surface area (Å²) in [6, 6.07) is 20.6. The Morgan fingerprint density at radius 1 is 0.852 bits per heavy atom. The molecule has 0 saturated heterocycles. The molecule has 1 aromatic heterocycles. The van der Waals surface area contributed by atoms with Crippen molar-refractivity contribution >= 4 is 11.4 Å². The fourth-order valence-corrected chi connectivity index (χ4v) is 3.17. The first-order valence-electron chi connectivity index (χ1n) is 9.23. The van der Waals surface area contributed by atoms with Crippen LogP contribution in [0.15, 0.2) is 78.9 Å². The van der Waals surface area contributed by atoms with Crippen LogP contribution < -0.4 is 5.73 Å². The molecule has 1 heterocycles. The van der Waals surface area contributed by atoms with Crippen LogP contribution in [0.3, 0.4) is 0 Å². The Labute approximate surface area is 161 Å². The number of allylic oxidation sites excluding steroid dienone is 4. The summed E-state index contributed by atoms with van der Waals surface area (Å²) >= 11 is 0. The van der Waals surface area contributed by atoms with Crippen molar-refractivity contribution in [2.75, 3.05) is 5.73 Å². The van der Waals surface area contributed by atoms with Crippen molar-refractivity contribution in [1.82, 2.24) is 9.97 Å². The van der Waals surface area contributed by atoms with E-state index < -0.39 is 0 Å². The fourth-order valence-electron chi connectivity index (χ4n) is 3.17. The highest BCUT2D eigenvalue weighted by molar-refractivity contribution is 5.81. The molecule has 0 aliphatic heterocycles. The van der Waals surface area contributed by atoms with E-state index in [-0.39, 0.29) is 0 Å². The van der Waals surface area contributed by atoms with Crippen LogP contribution in [0.5, 0.6) is 0 Å². The summed E-state index contributed by atoms with van der Waals surface area (Å²) in [7, 11) is 0. The highest BCUT2D eigenvalue weighted by atomic mass is 15.0. The van der Waals surface area contributed by atoms with Gasteiger partial charge in [0.2, 0.25) is 0 Å². The molecule has 27 heavy (non-hydrogen) atoms. The summed E-state index contributed by atoms with van der Waals surface area (Å²) in [5.74, 6) is 1.29. The number of benzene rings is 2.